The number of carbonyl (C=O) groups is 2. The van der Waals surface area contributed by atoms with Crippen LogP contribution in [0.1, 0.15) is 367 Å². The third kappa shape index (κ3) is 62.9. The van der Waals surface area contributed by atoms with Gasteiger partial charge in [-0.25, -0.2) is 0 Å². The van der Waals surface area contributed by atoms with Crippen LogP contribution in [0.5, 0.6) is 0 Å². The van der Waals surface area contributed by atoms with Gasteiger partial charge in [-0.3, -0.25) is 9.59 Å². The number of carbonyl (C=O) groups excluding carboxylic acids is 2. The summed E-state index contributed by atoms with van der Waals surface area (Å²) in [5.74, 6) is -0.0720. The van der Waals surface area contributed by atoms with Gasteiger partial charge in [-0.1, -0.05) is 313 Å². The summed E-state index contributed by atoms with van der Waals surface area (Å²) in [6, 6.07) is -0.636. The Morgan fingerprint density at radius 3 is 1.03 bits per heavy atom. The normalized spacial score (nSPS) is 12.8. The first-order valence-corrected chi connectivity index (χ1v) is 34.4. The third-order valence-electron chi connectivity index (χ3n) is 15.8. The molecule has 0 aromatic rings. The molecule has 3 N–H and O–H groups in total. The molecule has 0 aliphatic heterocycles. The van der Waals surface area contributed by atoms with E-state index in [0.29, 0.717) is 19.4 Å². The molecule has 0 fully saturated rings. The molecule has 6 nitrogen and oxygen atoms in total. The van der Waals surface area contributed by atoms with Crippen LogP contribution in [-0.4, -0.2) is 47.4 Å². The zero-order valence-corrected chi connectivity index (χ0v) is 51.7. The number of rotatable bonds is 64. The predicted octanol–water partition coefficient (Wildman–Crippen LogP) is 22.1. The molecule has 0 saturated heterocycles. The zero-order valence-electron chi connectivity index (χ0n) is 51.7. The summed E-state index contributed by atoms with van der Waals surface area (Å²) in [4.78, 5) is 24.6. The number of ether oxygens (including phenoxy) is 1. The average molecular weight is 1080 g/mol. The van der Waals surface area contributed by atoms with Crippen LogP contribution < -0.4 is 5.32 Å². The quantitative estimate of drug-likeness (QED) is 0.0320. The van der Waals surface area contributed by atoms with Crippen molar-refractivity contribution in [3.8, 4) is 0 Å². The second kappa shape index (κ2) is 66.3. The number of nitrogens with one attached hydrogen (secondary N) is 1. The van der Waals surface area contributed by atoms with E-state index in [-0.39, 0.29) is 18.5 Å². The van der Waals surface area contributed by atoms with Gasteiger partial charge in [0, 0.05) is 12.8 Å². The van der Waals surface area contributed by atoms with Crippen LogP contribution >= 0.6 is 0 Å². The predicted molar refractivity (Wildman–Crippen MR) is 338 cm³/mol. The lowest BCUT2D eigenvalue weighted by atomic mass is 10.0. The molecule has 0 spiro atoms. The molecule has 1 amide bonds. The Hall–Kier alpha value is -2.18. The number of unbranched alkanes of at least 4 members (excludes halogenated alkanes) is 47. The van der Waals surface area contributed by atoms with Gasteiger partial charge in [0.05, 0.1) is 25.4 Å². The maximum Gasteiger partial charge on any atom is 0.305 e. The van der Waals surface area contributed by atoms with Crippen molar-refractivity contribution in [2.75, 3.05) is 13.2 Å². The van der Waals surface area contributed by atoms with E-state index in [1.807, 2.05) is 6.08 Å². The molecule has 2 unspecified atom stereocenters. The second-order valence-corrected chi connectivity index (χ2v) is 23.5. The largest absolute Gasteiger partial charge is 0.466 e. The number of amides is 1. The first-order valence-electron chi connectivity index (χ1n) is 34.4. The Balaban J connectivity index is 3.45. The summed E-state index contributed by atoms with van der Waals surface area (Å²) >= 11 is 0. The van der Waals surface area contributed by atoms with Crippen LogP contribution in [0.15, 0.2) is 48.6 Å². The summed E-state index contributed by atoms with van der Waals surface area (Å²) in [5, 5.41) is 23.2. The molecule has 0 saturated carbocycles. The van der Waals surface area contributed by atoms with E-state index < -0.39 is 12.1 Å². The fourth-order valence-electron chi connectivity index (χ4n) is 10.5. The fourth-order valence-corrected chi connectivity index (χ4v) is 10.5. The Kier molecular flexibility index (Phi) is 64.5. The van der Waals surface area contributed by atoms with E-state index >= 15 is 0 Å². The molecule has 452 valence electrons. The molecule has 0 aliphatic carbocycles. The summed E-state index contributed by atoms with van der Waals surface area (Å²) < 4.78 is 5.50. The highest BCUT2D eigenvalue weighted by atomic mass is 16.5. The first-order chi connectivity index (χ1) is 38.0. The second-order valence-electron chi connectivity index (χ2n) is 23.5. The van der Waals surface area contributed by atoms with Gasteiger partial charge in [0.25, 0.3) is 0 Å². The van der Waals surface area contributed by atoms with Crippen molar-refractivity contribution >= 4 is 11.9 Å². The molecule has 0 heterocycles. The van der Waals surface area contributed by atoms with Crippen LogP contribution in [0.25, 0.3) is 0 Å². The highest BCUT2D eigenvalue weighted by molar-refractivity contribution is 5.76. The van der Waals surface area contributed by atoms with Crippen molar-refractivity contribution in [3.63, 3.8) is 0 Å². The highest BCUT2D eigenvalue weighted by Crippen LogP contribution is 2.18. The zero-order chi connectivity index (χ0) is 55.7. The minimum absolute atomic E-state index is 0.00204. The van der Waals surface area contributed by atoms with Crippen molar-refractivity contribution in [2.24, 2.45) is 0 Å². The van der Waals surface area contributed by atoms with Gasteiger partial charge in [0.15, 0.2) is 0 Å². The van der Waals surface area contributed by atoms with E-state index in [1.165, 1.54) is 283 Å². The van der Waals surface area contributed by atoms with Gasteiger partial charge in [0.1, 0.15) is 0 Å². The van der Waals surface area contributed by atoms with Crippen LogP contribution in [0.4, 0.5) is 0 Å². The Bertz CT molecular complexity index is 1290. The maximum absolute atomic E-state index is 12.5. The number of aliphatic hydroxyl groups is 2. The maximum atomic E-state index is 12.5. The van der Waals surface area contributed by atoms with E-state index in [9.17, 15) is 19.8 Å². The molecule has 0 aliphatic rings. The number of aliphatic hydroxyl groups excluding tert-OH is 2. The van der Waals surface area contributed by atoms with Crippen molar-refractivity contribution in [3.05, 3.63) is 48.6 Å². The van der Waals surface area contributed by atoms with E-state index in [1.54, 1.807) is 6.08 Å². The molecule has 0 radical (unpaired) electrons. The van der Waals surface area contributed by atoms with Crippen molar-refractivity contribution in [2.45, 2.75) is 379 Å². The molecule has 2 atom stereocenters. The number of allylic oxidation sites excluding steroid dienone is 7. The minimum atomic E-state index is -0.852. The van der Waals surface area contributed by atoms with Crippen LogP contribution in [-0.2, 0) is 14.3 Å². The smallest absolute Gasteiger partial charge is 0.305 e. The monoisotopic (exact) mass is 1080 g/mol. The molecule has 77 heavy (non-hydrogen) atoms. The molecule has 0 aromatic carbocycles. The van der Waals surface area contributed by atoms with Gasteiger partial charge in [-0.05, 0) is 89.9 Å². The van der Waals surface area contributed by atoms with E-state index in [4.69, 9.17) is 4.74 Å². The lowest BCUT2D eigenvalue weighted by molar-refractivity contribution is -0.143. The van der Waals surface area contributed by atoms with E-state index in [0.717, 1.165) is 57.8 Å². The molecular formula is C71H133NO5. The Morgan fingerprint density at radius 2 is 0.649 bits per heavy atom. The average Bonchev–Trinajstić information content (AvgIpc) is 3.43. The Morgan fingerprint density at radius 1 is 0.364 bits per heavy atom. The topological polar surface area (TPSA) is 95.9 Å². The lowest BCUT2D eigenvalue weighted by Crippen LogP contribution is -2.45. The number of hydrogen-bond donors (Lipinski definition) is 3. The number of hydrogen-bond acceptors (Lipinski definition) is 5. The van der Waals surface area contributed by atoms with Crippen molar-refractivity contribution in [1.82, 2.24) is 5.32 Å². The molecule has 0 bridgehead atoms. The Labute approximate surface area is 480 Å². The van der Waals surface area contributed by atoms with Gasteiger partial charge in [-0.15, -0.1) is 0 Å². The van der Waals surface area contributed by atoms with Crippen LogP contribution in [0, 0.1) is 0 Å². The SMILES string of the molecule is CCCCC/C=C\C/C=C\CCCCCCCCCCCC(=O)OCCCCCCCCCCC/C=C\CCCCCCCCCC(=O)NC(CO)C(O)/C=C/CCCCCCCCCCCCCCCCCCCCC. The number of esters is 1. The molecule has 0 rings (SSSR count). The van der Waals surface area contributed by atoms with Crippen molar-refractivity contribution < 1.29 is 24.5 Å². The van der Waals surface area contributed by atoms with Gasteiger partial charge >= 0.3 is 5.97 Å². The summed E-state index contributed by atoms with van der Waals surface area (Å²) in [7, 11) is 0. The molecular weight excluding hydrogens is 947 g/mol. The fraction of sp³-hybridized carbons (Fsp3) is 0.859. The van der Waals surface area contributed by atoms with Gasteiger partial charge in [0.2, 0.25) is 5.91 Å². The summed E-state index contributed by atoms with van der Waals surface area (Å²) in [5.41, 5.74) is 0. The van der Waals surface area contributed by atoms with Gasteiger partial charge < -0.3 is 20.3 Å². The van der Waals surface area contributed by atoms with Crippen molar-refractivity contribution in [1.29, 1.82) is 0 Å². The van der Waals surface area contributed by atoms with Crippen LogP contribution in [0.3, 0.4) is 0 Å². The summed E-state index contributed by atoms with van der Waals surface area (Å²) in [6.07, 6.45) is 86.0. The first kappa shape index (κ1) is 74.8. The molecule has 6 heteroatoms. The standard InChI is InChI=1S/C71H133NO5/c1-3-5-7-9-11-13-15-17-19-21-23-24-28-31-35-39-43-47-51-55-59-63-69(74)68(67-73)72-70(75)64-60-56-52-48-44-40-36-32-29-25-26-30-34-38-42-46-50-54-58-62-66-77-71(76)65-61-57-53-49-45-41-37-33-27-22-20-18-16-14-12-10-8-6-4-2/h12,14,18,20,25,29,59,63,68-69,73-74H,3-11,13,15-17,19,21-24,26-28,30-58,60-62,64-67H2,1-2H3,(H,72,75)/b14-12-,20-18-,29-25-,63-59+. The molecule has 0 aromatic heterocycles. The highest BCUT2D eigenvalue weighted by Gasteiger charge is 2.18. The van der Waals surface area contributed by atoms with Gasteiger partial charge in [-0.2, -0.15) is 0 Å². The minimum Gasteiger partial charge on any atom is -0.466 e. The summed E-state index contributed by atoms with van der Waals surface area (Å²) in [6.45, 7) is 4.89. The lowest BCUT2D eigenvalue weighted by Gasteiger charge is -2.20. The van der Waals surface area contributed by atoms with Crippen LogP contribution in [0.2, 0.25) is 0 Å². The third-order valence-corrected chi connectivity index (χ3v) is 15.8. The van der Waals surface area contributed by atoms with E-state index in [2.05, 4.69) is 55.6 Å².